The van der Waals surface area contributed by atoms with E-state index < -0.39 is 0 Å². The molecule has 1 fully saturated rings. The summed E-state index contributed by atoms with van der Waals surface area (Å²) in [6.07, 6.45) is 6.00. The van der Waals surface area contributed by atoms with Crippen molar-refractivity contribution in [1.29, 1.82) is 0 Å². The zero-order valence-corrected chi connectivity index (χ0v) is 22.6. The van der Waals surface area contributed by atoms with Gasteiger partial charge in [0.05, 0.1) is 25.6 Å². The minimum absolute atomic E-state index is 0.0145. The zero-order chi connectivity index (χ0) is 25.3. The van der Waals surface area contributed by atoms with E-state index in [1.807, 2.05) is 57.0 Å². The van der Waals surface area contributed by atoms with E-state index in [1.54, 1.807) is 25.6 Å². The third-order valence-electron chi connectivity index (χ3n) is 6.71. The van der Waals surface area contributed by atoms with Gasteiger partial charge in [-0.1, -0.05) is 37.5 Å². The van der Waals surface area contributed by atoms with Crippen LogP contribution in [0.15, 0.2) is 53.2 Å². The molecule has 2 amide bonds. The second-order valence-electron chi connectivity index (χ2n) is 9.04. The number of amides is 2. The molecule has 0 radical (unpaired) electrons. The molecule has 2 aromatic heterocycles. The van der Waals surface area contributed by atoms with E-state index in [4.69, 9.17) is 9.47 Å². The minimum Gasteiger partial charge on any atom is -0.493 e. The van der Waals surface area contributed by atoms with Crippen molar-refractivity contribution in [3.05, 3.63) is 68.5 Å². The van der Waals surface area contributed by atoms with Gasteiger partial charge in [0.2, 0.25) is 5.91 Å². The summed E-state index contributed by atoms with van der Waals surface area (Å²) >= 11 is 3.08. The smallest absolute Gasteiger partial charge is 0.264 e. The average molecular weight is 527 g/mol. The van der Waals surface area contributed by atoms with Crippen molar-refractivity contribution in [2.75, 3.05) is 27.3 Å². The molecule has 0 N–H and O–H groups in total. The predicted octanol–water partition coefficient (Wildman–Crippen LogP) is 5.87. The van der Waals surface area contributed by atoms with Gasteiger partial charge in [0, 0.05) is 17.5 Å². The fraction of sp³-hybridized carbons (Fsp3) is 0.429. The number of carbonyl (C=O) groups excluding carboxylic acids is 2. The molecular weight excluding hydrogens is 492 g/mol. The molecule has 3 aromatic rings. The summed E-state index contributed by atoms with van der Waals surface area (Å²) in [6, 6.07) is 13.8. The lowest BCUT2D eigenvalue weighted by molar-refractivity contribution is -0.133. The lowest BCUT2D eigenvalue weighted by Gasteiger charge is -2.35. The van der Waals surface area contributed by atoms with Gasteiger partial charge in [-0.25, -0.2) is 0 Å². The summed E-state index contributed by atoms with van der Waals surface area (Å²) in [7, 11) is 3.24. The summed E-state index contributed by atoms with van der Waals surface area (Å²) in [5, 5.41) is 3.95. The number of ether oxygens (including phenoxy) is 2. The number of benzene rings is 1. The van der Waals surface area contributed by atoms with Crippen LogP contribution in [-0.2, 0) is 17.8 Å². The molecular formula is C28H34N2O4S2. The third-order valence-corrected chi connectivity index (χ3v) is 8.43. The molecule has 0 aliphatic heterocycles. The molecule has 0 bridgehead atoms. The Balaban J connectivity index is 1.51. The molecule has 1 saturated carbocycles. The monoisotopic (exact) mass is 526 g/mol. The van der Waals surface area contributed by atoms with Crippen LogP contribution in [0.2, 0.25) is 0 Å². The van der Waals surface area contributed by atoms with Crippen molar-refractivity contribution in [1.82, 2.24) is 9.80 Å². The van der Waals surface area contributed by atoms with Crippen molar-refractivity contribution in [2.45, 2.75) is 51.1 Å². The molecule has 2 heterocycles. The first kappa shape index (κ1) is 26.2. The zero-order valence-electron chi connectivity index (χ0n) is 21.0. The van der Waals surface area contributed by atoms with Gasteiger partial charge >= 0.3 is 0 Å². The molecule has 6 nitrogen and oxygen atoms in total. The highest BCUT2D eigenvalue weighted by molar-refractivity contribution is 7.12. The van der Waals surface area contributed by atoms with E-state index in [-0.39, 0.29) is 24.4 Å². The van der Waals surface area contributed by atoms with Crippen LogP contribution in [0.25, 0.3) is 0 Å². The number of thiophene rings is 2. The van der Waals surface area contributed by atoms with E-state index in [0.29, 0.717) is 35.9 Å². The van der Waals surface area contributed by atoms with E-state index >= 15 is 0 Å². The largest absolute Gasteiger partial charge is 0.493 e. The molecule has 8 heteroatoms. The molecule has 36 heavy (non-hydrogen) atoms. The summed E-state index contributed by atoms with van der Waals surface area (Å²) in [5.74, 6) is 1.32. The Morgan fingerprint density at radius 1 is 0.944 bits per heavy atom. The Hall–Kier alpha value is -2.84. The first-order valence-corrected chi connectivity index (χ1v) is 14.2. The molecule has 0 unspecified atom stereocenters. The second-order valence-corrected chi connectivity index (χ2v) is 11.0. The Morgan fingerprint density at radius 3 is 2.36 bits per heavy atom. The molecule has 1 aliphatic carbocycles. The van der Waals surface area contributed by atoms with E-state index in [0.717, 1.165) is 36.1 Å². The molecule has 0 saturated heterocycles. The SMILES string of the molecule is COc1ccc(CCN(Cc2cccs2)C(=O)CN(C(=O)c2cccs2)C2CCCCC2)cc1OC. The van der Waals surface area contributed by atoms with Gasteiger partial charge in [0.15, 0.2) is 11.5 Å². The van der Waals surface area contributed by atoms with Crippen molar-refractivity contribution in [2.24, 2.45) is 0 Å². The molecule has 1 aromatic carbocycles. The van der Waals surface area contributed by atoms with Crippen LogP contribution in [-0.4, -0.2) is 55.0 Å². The Kier molecular flexibility index (Phi) is 9.41. The quantitative estimate of drug-likeness (QED) is 0.313. The summed E-state index contributed by atoms with van der Waals surface area (Å²) in [4.78, 5) is 32.7. The van der Waals surface area contributed by atoms with Crippen molar-refractivity contribution in [3.63, 3.8) is 0 Å². The van der Waals surface area contributed by atoms with Crippen LogP contribution in [0.1, 0.15) is 52.2 Å². The van der Waals surface area contributed by atoms with Crippen LogP contribution >= 0.6 is 22.7 Å². The predicted molar refractivity (Wildman–Crippen MR) is 145 cm³/mol. The highest BCUT2D eigenvalue weighted by Gasteiger charge is 2.30. The van der Waals surface area contributed by atoms with E-state index in [2.05, 4.69) is 6.07 Å². The first-order chi connectivity index (χ1) is 17.6. The fourth-order valence-electron chi connectivity index (χ4n) is 4.73. The Labute approximate surface area is 221 Å². The van der Waals surface area contributed by atoms with Gasteiger partial charge in [-0.15, -0.1) is 22.7 Å². The number of nitrogens with zero attached hydrogens (tertiary/aromatic N) is 2. The Bertz CT molecular complexity index is 1110. The number of rotatable bonds is 11. The fourth-order valence-corrected chi connectivity index (χ4v) is 6.13. The second kappa shape index (κ2) is 12.9. The molecule has 0 spiro atoms. The normalized spacial score (nSPS) is 13.8. The van der Waals surface area contributed by atoms with Gasteiger partial charge in [0.25, 0.3) is 5.91 Å². The van der Waals surface area contributed by atoms with Crippen LogP contribution in [0.4, 0.5) is 0 Å². The lowest BCUT2D eigenvalue weighted by Crippen LogP contribution is -2.48. The summed E-state index contributed by atoms with van der Waals surface area (Å²) in [6.45, 7) is 1.20. The topological polar surface area (TPSA) is 59.1 Å². The number of methoxy groups -OCH3 is 2. The molecule has 192 valence electrons. The maximum absolute atomic E-state index is 13.7. The van der Waals surface area contributed by atoms with E-state index in [1.165, 1.54) is 17.8 Å². The van der Waals surface area contributed by atoms with Crippen molar-refractivity contribution >= 4 is 34.5 Å². The lowest BCUT2D eigenvalue weighted by atomic mass is 9.94. The van der Waals surface area contributed by atoms with Gasteiger partial charge in [0.1, 0.15) is 6.54 Å². The van der Waals surface area contributed by atoms with Gasteiger partial charge in [-0.3, -0.25) is 9.59 Å². The summed E-state index contributed by atoms with van der Waals surface area (Å²) in [5.41, 5.74) is 1.07. The standard InChI is InChI=1S/C28H34N2O4S2/c1-33-24-13-12-21(18-25(24)34-2)14-15-29(19-23-10-6-16-35-23)27(31)20-30(22-8-4-3-5-9-22)28(32)26-11-7-17-36-26/h6-7,10-13,16-18,22H,3-5,8-9,14-15,19-20H2,1-2H3. The molecule has 4 rings (SSSR count). The number of hydrogen-bond donors (Lipinski definition) is 0. The van der Waals surface area contributed by atoms with Crippen molar-refractivity contribution < 1.29 is 19.1 Å². The van der Waals surface area contributed by atoms with Crippen LogP contribution in [0, 0.1) is 0 Å². The highest BCUT2D eigenvalue weighted by Crippen LogP contribution is 2.28. The minimum atomic E-state index is -0.0267. The van der Waals surface area contributed by atoms with Crippen LogP contribution < -0.4 is 9.47 Å². The van der Waals surface area contributed by atoms with Gasteiger partial charge < -0.3 is 19.3 Å². The van der Waals surface area contributed by atoms with E-state index in [9.17, 15) is 9.59 Å². The number of carbonyl (C=O) groups is 2. The summed E-state index contributed by atoms with van der Waals surface area (Å²) < 4.78 is 10.8. The maximum Gasteiger partial charge on any atom is 0.264 e. The number of hydrogen-bond acceptors (Lipinski definition) is 6. The van der Waals surface area contributed by atoms with Gasteiger partial charge in [-0.2, -0.15) is 0 Å². The van der Waals surface area contributed by atoms with Crippen LogP contribution in [0.5, 0.6) is 11.5 Å². The first-order valence-electron chi connectivity index (χ1n) is 12.4. The van der Waals surface area contributed by atoms with Crippen molar-refractivity contribution in [3.8, 4) is 11.5 Å². The van der Waals surface area contributed by atoms with Crippen LogP contribution in [0.3, 0.4) is 0 Å². The highest BCUT2D eigenvalue weighted by atomic mass is 32.1. The third kappa shape index (κ3) is 6.68. The van der Waals surface area contributed by atoms with Gasteiger partial charge in [-0.05, 0) is 59.9 Å². The Morgan fingerprint density at radius 2 is 1.69 bits per heavy atom. The molecule has 1 aliphatic rings. The average Bonchev–Trinajstić information content (AvgIpc) is 3.64. The molecule has 0 atom stereocenters. The maximum atomic E-state index is 13.7.